The van der Waals surface area contributed by atoms with Crippen molar-refractivity contribution >= 4 is 34.6 Å². The largest absolute Gasteiger partial charge is 0.495 e. The first-order chi connectivity index (χ1) is 11.5. The van der Waals surface area contributed by atoms with Crippen molar-refractivity contribution in [3.63, 3.8) is 0 Å². The number of rotatable bonds is 6. The third-order valence-electron chi connectivity index (χ3n) is 3.14. The van der Waals surface area contributed by atoms with E-state index < -0.39 is 0 Å². The SMILES string of the molecule is COc1ccc(C)cc1NC(=O)C/C(C)=N/NC(=O)c1cccs1. The molecule has 1 aromatic carbocycles. The van der Waals surface area contributed by atoms with Crippen LogP contribution in [0.5, 0.6) is 5.75 Å². The van der Waals surface area contributed by atoms with Crippen molar-refractivity contribution in [3.8, 4) is 5.75 Å². The molecular formula is C17H19N3O3S. The quantitative estimate of drug-likeness (QED) is 0.623. The molecule has 1 aromatic heterocycles. The minimum absolute atomic E-state index is 0.0712. The molecule has 2 rings (SSSR count). The van der Waals surface area contributed by atoms with Gasteiger partial charge in [0.1, 0.15) is 5.75 Å². The van der Waals surface area contributed by atoms with Crippen molar-refractivity contribution in [1.29, 1.82) is 0 Å². The molecule has 0 aliphatic heterocycles. The zero-order chi connectivity index (χ0) is 17.5. The summed E-state index contributed by atoms with van der Waals surface area (Å²) in [6.45, 7) is 3.61. The van der Waals surface area contributed by atoms with Gasteiger partial charge in [-0.25, -0.2) is 5.43 Å². The Morgan fingerprint density at radius 1 is 1.29 bits per heavy atom. The van der Waals surface area contributed by atoms with Gasteiger partial charge in [-0.3, -0.25) is 9.59 Å². The topological polar surface area (TPSA) is 79.8 Å². The van der Waals surface area contributed by atoms with Crippen LogP contribution < -0.4 is 15.5 Å². The first kappa shape index (κ1) is 17.7. The molecule has 0 atom stereocenters. The molecule has 0 fully saturated rings. The molecule has 126 valence electrons. The lowest BCUT2D eigenvalue weighted by molar-refractivity contribution is -0.115. The average Bonchev–Trinajstić information content (AvgIpc) is 3.07. The number of aryl methyl sites for hydroxylation is 1. The highest BCUT2D eigenvalue weighted by Gasteiger charge is 2.10. The number of carbonyl (C=O) groups is 2. The highest BCUT2D eigenvalue weighted by atomic mass is 32.1. The van der Waals surface area contributed by atoms with Crippen LogP contribution in [0.4, 0.5) is 5.69 Å². The summed E-state index contributed by atoms with van der Waals surface area (Å²) < 4.78 is 5.23. The number of carbonyl (C=O) groups excluding carboxylic acids is 2. The van der Waals surface area contributed by atoms with Gasteiger partial charge >= 0.3 is 0 Å². The van der Waals surface area contributed by atoms with Crippen molar-refractivity contribution in [1.82, 2.24) is 5.43 Å². The number of amides is 2. The van der Waals surface area contributed by atoms with Gasteiger partial charge in [0.05, 0.1) is 24.1 Å². The fourth-order valence-corrected chi connectivity index (χ4v) is 2.61. The van der Waals surface area contributed by atoms with Gasteiger partial charge in [-0.15, -0.1) is 11.3 Å². The first-order valence-corrected chi connectivity index (χ1v) is 8.19. The van der Waals surface area contributed by atoms with E-state index in [2.05, 4.69) is 15.8 Å². The summed E-state index contributed by atoms with van der Waals surface area (Å²) in [5, 5.41) is 8.56. The molecule has 0 aliphatic carbocycles. The van der Waals surface area contributed by atoms with Gasteiger partial charge in [-0.1, -0.05) is 12.1 Å². The average molecular weight is 345 g/mol. The normalized spacial score (nSPS) is 11.0. The van der Waals surface area contributed by atoms with E-state index in [1.807, 2.05) is 24.4 Å². The number of benzene rings is 1. The lowest BCUT2D eigenvalue weighted by Crippen LogP contribution is -2.21. The van der Waals surface area contributed by atoms with Crippen molar-refractivity contribution in [2.75, 3.05) is 12.4 Å². The van der Waals surface area contributed by atoms with Gasteiger partial charge in [0, 0.05) is 5.71 Å². The molecule has 2 amide bonds. The Kier molecular flexibility index (Phi) is 6.08. The second kappa shape index (κ2) is 8.26. The number of thiophene rings is 1. The van der Waals surface area contributed by atoms with E-state index in [4.69, 9.17) is 4.74 Å². The van der Waals surface area contributed by atoms with Crippen LogP contribution in [-0.4, -0.2) is 24.6 Å². The molecule has 0 saturated heterocycles. The van der Waals surface area contributed by atoms with Crippen LogP contribution in [0.1, 0.15) is 28.6 Å². The van der Waals surface area contributed by atoms with E-state index in [1.54, 1.807) is 32.2 Å². The summed E-state index contributed by atoms with van der Waals surface area (Å²) in [5.41, 5.74) is 4.57. The lowest BCUT2D eigenvalue weighted by atomic mass is 10.2. The van der Waals surface area contributed by atoms with Crippen LogP contribution in [0.3, 0.4) is 0 Å². The van der Waals surface area contributed by atoms with Crippen LogP contribution in [0.25, 0.3) is 0 Å². The summed E-state index contributed by atoms with van der Waals surface area (Å²) in [6.07, 6.45) is 0.0712. The first-order valence-electron chi connectivity index (χ1n) is 7.31. The second-order valence-corrected chi connectivity index (χ2v) is 6.14. The Morgan fingerprint density at radius 2 is 2.08 bits per heavy atom. The zero-order valence-corrected chi connectivity index (χ0v) is 14.6. The third kappa shape index (κ3) is 4.92. The summed E-state index contributed by atoms with van der Waals surface area (Å²) in [5.74, 6) is 0.0742. The summed E-state index contributed by atoms with van der Waals surface area (Å²) in [7, 11) is 1.55. The summed E-state index contributed by atoms with van der Waals surface area (Å²) >= 11 is 1.33. The fraction of sp³-hybridized carbons (Fsp3) is 0.235. The minimum atomic E-state index is -0.287. The zero-order valence-electron chi connectivity index (χ0n) is 13.8. The number of ether oxygens (including phenoxy) is 1. The molecule has 0 bridgehead atoms. The molecule has 24 heavy (non-hydrogen) atoms. The van der Waals surface area contributed by atoms with E-state index in [1.165, 1.54) is 11.3 Å². The lowest BCUT2D eigenvalue weighted by Gasteiger charge is -2.11. The smallest absolute Gasteiger partial charge is 0.281 e. The molecule has 0 saturated carbocycles. The van der Waals surface area contributed by atoms with E-state index in [0.717, 1.165) is 5.56 Å². The van der Waals surface area contributed by atoms with Gasteiger partial charge in [0.25, 0.3) is 5.91 Å². The van der Waals surface area contributed by atoms with Crippen LogP contribution in [-0.2, 0) is 4.79 Å². The van der Waals surface area contributed by atoms with Gasteiger partial charge in [-0.2, -0.15) is 5.10 Å². The Balaban J connectivity index is 1.93. The summed E-state index contributed by atoms with van der Waals surface area (Å²) in [6, 6.07) is 9.04. The van der Waals surface area contributed by atoms with Crippen molar-refractivity contribution in [3.05, 3.63) is 46.2 Å². The van der Waals surface area contributed by atoms with Gasteiger partial charge in [-0.05, 0) is 43.0 Å². The van der Waals surface area contributed by atoms with E-state index in [-0.39, 0.29) is 18.2 Å². The Bertz CT molecular complexity index is 754. The maximum Gasteiger partial charge on any atom is 0.281 e. The van der Waals surface area contributed by atoms with Gasteiger partial charge in [0.15, 0.2) is 0 Å². The molecule has 2 N–H and O–H groups in total. The molecule has 0 unspecified atom stereocenters. The predicted molar refractivity (Wildman–Crippen MR) is 95.9 cm³/mol. The standard InChI is InChI=1S/C17H19N3O3S/c1-11-6-7-14(23-3)13(9-11)18-16(21)10-12(2)19-20-17(22)15-5-4-8-24-15/h4-9H,10H2,1-3H3,(H,18,21)(H,20,22)/b19-12+. The van der Waals surface area contributed by atoms with Crippen LogP contribution in [0, 0.1) is 6.92 Å². The third-order valence-corrected chi connectivity index (χ3v) is 4.01. The molecule has 6 nitrogen and oxygen atoms in total. The number of hydrogen-bond donors (Lipinski definition) is 2. The fourth-order valence-electron chi connectivity index (χ4n) is 1.99. The second-order valence-electron chi connectivity index (χ2n) is 5.19. The monoisotopic (exact) mass is 345 g/mol. The Morgan fingerprint density at radius 3 is 2.75 bits per heavy atom. The van der Waals surface area contributed by atoms with E-state index >= 15 is 0 Å². The van der Waals surface area contributed by atoms with Crippen molar-refractivity contribution in [2.45, 2.75) is 20.3 Å². The number of methoxy groups -OCH3 is 1. The molecule has 0 radical (unpaired) electrons. The Labute approximate surface area is 144 Å². The number of nitrogens with one attached hydrogen (secondary N) is 2. The molecule has 1 heterocycles. The maximum absolute atomic E-state index is 12.1. The van der Waals surface area contributed by atoms with Crippen LogP contribution >= 0.6 is 11.3 Å². The van der Waals surface area contributed by atoms with Crippen LogP contribution in [0.2, 0.25) is 0 Å². The molecular weight excluding hydrogens is 326 g/mol. The van der Waals surface area contributed by atoms with Gasteiger partial charge in [0.2, 0.25) is 5.91 Å². The van der Waals surface area contributed by atoms with Crippen LogP contribution in [0.15, 0.2) is 40.8 Å². The highest BCUT2D eigenvalue weighted by Crippen LogP contribution is 2.25. The predicted octanol–water partition coefficient (Wildman–Crippen LogP) is 3.20. The Hall–Kier alpha value is -2.67. The number of hydrazone groups is 1. The minimum Gasteiger partial charge on any atom is -0.495 e. The molecule has 7 heteroatoms. The number of anilines is 1. The molecule has 0 spiro atoms. The van der Waals surface area contributed by atoms with E-state index in [0.29, 0.717) is 22.0 Å². The van der Waals surface area contributed by atoms with Crippen molar-refractivity contribution in [2.24, 2.45) is 5.10 Å². The number of hydrogen-bond acceptors (Lipinski definition) is 5. The highest BCUT2D eigenvalue weighted by molar-refractivity contribution is 7.12. The molecule has 2 aromatic rings. The van der Waals surface area contributed by atoms with Crippen molar-refractivity contribution < 1.29 is 14.3 Å². The van der Waals surface area contributed by atoms with E-state index in [9.17, 15) is 9.59 Å². The summed E-state index contributed by atoms with van der Waals surface area (Å²) in [4.78, 5) is 24.5. The van der Waals surface area contributed by atoms with Gasteiger partial charge < -0.3 is 10.1 Å². The number of nitrogens with zero attached hydrogens (tertiary/aromatic N) is 1. The maximum atomic E-state index is 12.1. The molecule has 0 aliphatic rings.